The number of methoxy groups -OCH3 is 1. The van der Waals surface area contributed by atoms with Crippen LogP contribution in [-0.4, -0.2) is 105 Å². The van der Waals surface area contributed by atoms with Crippen LogP contribution in [0.2, 0.25) is 10.0 Å². The van der Waals surface area contributed by atoms with Gasteiger partial charge in [-0.25, -0.2) is 23.4 Å². The maximum absolute atomic E-state index is 13.6. The molecule has 4 aromatic heterocycles. The van der Waals surface area contributed by atoms with E-state index in [-0.39, 0.29) is 54.6 Å². The van der Waals surface area contributed by atoms with Gasteiger partial charge in [-0.3, -0.25) is 19.1 Å². The molecule has 18 nitrogen and oxygen atoms in total. The quantitative estimate of drug-likeness (QED) is 0.0369. The van der Waals surface area contributed by atoms with E-state index in [1.807, 2.05) is 66.7 Å². The highest BCUT2D eigenvalue weighted by Crippen LogP contribution is 2.42. The van der Waals surface area contributed by atoms with Crippen LogP contribution in [0.25, 0.3) is 46.6 Å². The first kappa shape index (κ1) is 79.6. The zero-order chi connectivity index (χ0) is 78.4. The molecule has 25 heteroatoms. The zero-order valence-corrected chi connectivity index (χ0v) is 63.5. The third kappa shape index (κ3) is 19.0. The number of halogens is 7. The Kier molecular flexibility index (Phi) is 26.2. The van der Waals surface area contributed by atoms with Gasteiger partial charge in [-0.05, 0) is 233 Å². The van der Waals surface area contributed by atoms with Crippen LogP contribution in [0.5, 0.6) is 5.75 Å². The minimum atomic E-state index is -4.71. The number of rotatable bonds is 17. The Hall–Kier alpha value is -10.4. The van der Waals surface area contributed by atoms with Gasteiger partial charge in [-0.1, -0.05) is 140 Å². The van der Waals surface area contributed by atoms with Crippen molar-refractivity contribution in [2.45, 2.75) is 165 Å². The molecule has 112 heavy (non-hydrogen) atoms. The fraction of sp³-hybridized carbons (Fsp3) is 0.333. The summed E-state index contributed by atoms with van der Waals surface area (Å²) in [6.45, 7) is -0.553. The van der Waals surface area contributed by atoms with Crippen LogP contribution in [0.4, 0.5) is 22.0 Å². The van der Waals surface area contributed by atoms with Gasteiger partial charge < -0.3 is 36.0 Å². The molecule has 3 amide bonds. The van der Waals surface area contributed by atoms with Gasteiger partial charge in [0.25, 0.3) is 23.7 Å². The molecule has 5 aliphatic rings. The van der Waals surface area contributed by atoms with Gasteiger partial charge in [0.2, 0.25) is 0 Å². The van der Waals surface area contributed by atoms with Crippen LogP contribution >= 0.6 is 23.2 Å². The van der Waals surface area contributed by atoms with Crippen molar-refractivity contribution in [3.8, 4) is 17.4 Å². The number of amides is 3. The molecule has 2 saturated carbocycles. The molecule has 4 heterocycles. The van der Waals surface area contributed by atoms with Gasteiger partial charge in [-0.2, -0.15) is 33.1 Å². The second-order valence-corrected chi connectivity index (χ2v) is 29.6. The molecule has 6 aromatic carbocycles. The fourth-order valence-corrected chi connectivity index (χ4v) is 16.0. The number of aliphatic hydroxyl groups excluding tert-OH is 3. The van der Waals surface area contributed by atoms with Crippen LogP contribution in [-0.2, 0) is 25.4 Å². The number of alkyl halides is 3. The minimum absolute atomic E-state index is 0.0114. The predicted molar refractivity (Wildman–Crippen MR) is 423 cm³/mol. The minimum Gasteiger partial charge on any atom is -0.497 e. The van der Waals surface area contributed by atoms with E-state index < -0.39 is 41.8 Å². The first-order valence-corrected chi connectivity index (χ1v) is 39.0. The Morgan fingerprint density at radius 1 is 0.545 bits per heavy atom. The van der Waals surface area contributed by atoms with E-state index in [1.165, 1.54) is 48.2 Å². The summed E-state index contributed by atoms with van der Waals surface area (Å²) in [6.07, 6.45) is 19.5. The molecular formula is C87H88Cl2F5N11O7. The third-order valence-corrected chi connectivity index (χ3v) is 21.7. The van der Waals surface area contributed by atoms with Gasteiger partial charge in [-0.15, -0.1) is 0 Å². The molecule has 15 rings (SSSR count). The molecular weight excluding hydrogens is 1480 g/mol. The third-order valence-electron chi connectivity index (χ3n) is 21.1. The fourth-order valence-electron chi connectivity index (χ4n) is 15.5. The van der Waals surface area contributed by atoms with Crippen molar-refractivity contribution in [2.75, 3.05) is 20.3 Å². The first-order valence-electron chi connectivity index (χ1n) is 38.2. The van der Waals surface area contributed by atoms with E-state index in [9.17, 15) is 51.7 Å². The van der Waals surface area contributed by atoms with E-state index in [0.717, 1.165) is 152 Å². The lowest BCUT2D eigenvalue weighted by molar-refractivity contribution is -0.141. The molecule has 2 fully saturated rings. The summed E-state index contributed by atoms with van der Waals surface area (Å²) in [5, 5.41) is 54.3. The van der Waals surface area contributed by atoms with Gasteiger partial charge in [0.1, 0.15) is 23.1 Å². The SMILES string of the molecule is COc1ccc(/C=C2\CCCCc3c(C(=O)N[C@@H]4CCC[C@H]4O)nn(-c4ccc(Cl)cc4Cl)c32)cc1.O=C(N[C@@H](CO)c1ccccc1)c1nn(C2CCCCC2)c2c1CCCC/C2=C\c1ccc(F)cc1.O=C(N[C@H](CO)c1ccccc1)c1nn(-c2nccc(C(F)(F)F)n2)c2c1CCCC/C2=C\c1ccc(F)cc1. The lowest BCUT2D eigenvalue weighted by atomic mass is 9.94. The Morgan fingerprint density at radius 3 is 1.51 bits per heavy atom. The smallest absolute Gasteiger partial charge is 0.433 e. The molecule has 5 aliphatic carbocycles. The number of nitrogens with zero attached hydrogens (tertiary/aromatic N) is 8. The van der Waals surface area contributed by atoms with Crippen molar-refractivity contribution in [3.63, 3.8) is 0 Å². The lowest BCUT2D eigenvalue weighted by Gasteiger charge is -2.25. The number of ether oxygens (including phenoxy) is 1. The summed E-state index contributed by atoms with van der Waals surface area (Å²) in [7, 11) is 1.65. The Labute approximate surface area is 656 Å². The van der Waals surface area contributed by atoms with Gasteiger partial charge >= 0.3 is 6.18 Å². The van der Waals surface area contributed by atoms with E-state index in [1.54, 1.807) is 78.5 Å². The Morgan fingerprint density at radius 2 is 1.02 bits per heavy atom. The van der Waals surface area contributed by atoms with Gasteiger partial charge in [0, 0.05) is 27.9 Å². The summed E-state index contributed by atoms with van der Waals surface area (Å²) < 4.78 is 78.0. The number of nitrogens with one attached hydrogen (secondary N) is 3. The molecule has 10 aromatic rings. The highest BCUT2D eigenvalue weighted by atomic mass is 35.5. The molecule has 0 spiro atoms. The van der Waals surface area contributed by atoms with Crippen LogP contribution in [0.15, 0.2) is 164 Å². The molecule has 0 radical (unpaired) electrons. The van der Waals surface area contributed by atoms with Crippen LogP contribution in [0.3, 0.4) is 0 Å². The van der Waals surface area contributed by atoms with Crippen molar-refractivity contribution >= 4 is 75.9 Å². The molecule has 4 atom stereocenters. The second kappa shape index (κ2) is 36.8. The number of fused-ring (bicyclic) bond motifs is 3. The van der Waals surface area contributed by atoms with Crippen LogP contribution in [0, 0.1) is 11.6 Å². The Bertz CT molecular complexity index is 5040. The van der Waals surface area contributed by atoms with Crippen molar-refractivity contribution < 1.29 is 56.4 Å². The highest BCUT2D eigenvalue weighted by molar-refractivity contribution is 6.35. The van der Waals surface area contributed by atoms with Gasteiger partial charge in [0.05, 0.1) is 78.4 Å². The average molecular weight is 1570 g/mol. The number of allylic oxidation sites excluding steroid dienone is 3. The summed E-state index contributed by atoms with van der Waals surface area (Å²) in [4.78, 5) is 48.4. The standard InChI is InChI=1S/C30H34FN3O2.C29H25F4N5O2.C28H29Cl2N3O3/c31-24-17-15-21(16-18-24)19-23-11-7-8-14-26-28(33-34(29(23)26)25-12-5-2-6-13-25)30(36)32-27(20-35)22-9-3-1-4-10-22;30-21-12-10-18(11-13-21)16-20-8-4-5-9-22-25(27(40)35-23(17-39)19-6-2-1-3-7-19)37-38(26(20)22)28-34-15-14-24(36-28)29(31,32)33;1-36-20-12-9-17(10-13-20)15-18-5-2-3-6-21-26(28(35)31-23-7-4-8-25(23)34)32-33(27(18)21)24-14-11-19(29)16-22(24)30/h1,3-4,9-10,15-19,25,27,35H,2,5-8,11-14,20H2,(H,32,36);1-3,6-7,10-16,23,39H,4-5,8-9,17H2,(H,35,40);9-16,23,25,34H,2-8H2,1H3,(H,31,35)/b23-19+;20-16+;18-15+/t27-;23-;23-,25-/m011/s1. The largest absolute Gasteiger partial charge is 0.497 e. The number of aliphatic hydroxyl groups is 3. The zero-order valence-electron chi connectivity index (χ0n) is 62.0. The monoisotopic (exact) mass is 1560 g/mol. The molecule has 0 bridgehead atoms. The van der Waals surface area contributed by atoms with Crippen molar-refractivity contribution in [3.05, 3.63) is 270 Å². The van der Waals surface area contributed by atoms with E-state index >= 15 is 0 Å². The first-order chi connectivity index (χ1) is 54.3. The highest BCUT2D eigenvalue weighted by Gasteiger charge is 2.37. The number of hydrogen-bond donors (Lipinski definition) is 6. The van der Waals surface area contributed by atoms with E-state index in [4.69, 9.17) is 38.1 Å². The average Bonchev–Trinajstić information content (AvgIpc) is 1.62. The normalized spacial score (nSPS) is 18.1. The number of carbonyl (C=O) groups is 3. The predicted octanol–water partition coefficient (Wildman–Crippen LogP) is 17.9. The van der Waals surface area contributed by atoms with E-state index in [2.05, 4.69) is 47.9 Å². The van der Waals surface area contributed by atoms with Crippen molar-refractivity contribution in [1.29, 1.82) is 0 Å². The molecule has 0 saturated heterocycles. The van der Waals surface area contributed by atoms with E-state index in [0.29, 0.717) is 80.8 Å². The molecule has 6 N–H and O–H groups in total. The summed E-state index contributed by atoms with van der Waals surface area (Å²) >= 11 is 12.8. The van der Waals surface area contributed by atoms with Crippen molar-refractivity contribution in [2.24, 2.45) is 0 Å². The summed E-state index contributed by atoms with van der Waals surface area (Å²) in [5.41, 5.74) is 12.4. The maximum Gasteiger partial charge on any atom is 0.433 e. The van der Waals surface area contributed by atoms with Crippen LogP contribution in [0.1, 0.15) is 226 Å². The summed E-state index contributed by atoms with van der Waals surface area (Å²) in [5.74, 6) is -1.28. The number of benzene rings is 6. The van der Waals surface area contributed by atoms with Gasteiger partial charge in [0.15, 0.2) is 17.1 Å². The van der Waals surface area contributed by atoms with Crippen LogP contribution < -0.4 is 20.7 Å². The topological polar surface area (TPSA) is 236 Å². The summed E-state index contributed by atoms with van der Waals surface area (Å²) in [6, 6.07) is 43.6. The lowest BCUT2D eigenvalue weighted by Crippen LogP contribution is -2.40. The number of carbonyl (C=O) groups excluding carboxylic acids is 3. The maximum atomic E-state index is 13.6. The molecule has 0 unspecified atom stereocenters. The number of aromatic nitrogens is 8. The molecule has 582 valence electrons. The number of hydrogen-bond acceptors (Lipinski definition) is 12. The molecule has 0 aliphatic heterocycles. The second-order valence-electron chi connectivity index (χ2n) is 28.7. The Balaban J connectivity index is 0.000000147. The van der Waals surface area contributed by atoms with Crippen molar-refractivity contribution in [1.82, 2.24) is 55.3 Å².